The zero-order valence-corrected chi connectivity index (χ0v) is 12.1. The van der Waals surface area contributed by atoms with E-state index in [-0.39, 0.29) is 36.2 Å². The lowest BCUT2D eigenvalue weighted by Crippen LogP contribution is -2.41. The highest BCUT2D eigenvalue weighted by molar-refractivity contribution is 5.85. The van der Waals surface area contributed by atoms with E-state index < -0.39 is 0 Å². The lowest BCUT2D eigenvalue weighted by Gasteiger charge is -2.34. The molecule has 3 heterocycles. The summed E-state index contributed by atoms with van der Waals surface area (Å²) in [5, 5.41) is 3.48. The normalized spacial score (nSPS) is 26.2. The molecule has 0 spiro atoms. The van der Waals surface area contributed by atoms with Crippen LogP contribution in [0.5, 0.6) is 0 Å². The Hall–Kier alpha value is -1.52. The highest BCUT2D eigenvalue weighted by atomic mass is 35.5. The molecule has 1 saturated heterocycles. The van der Waals surface area contributed by atoms with E-state index in [9.17, 15) is 4.79 Å². The summed E-state index contributed by atoms with van der Waals surface area (Å²) in [5.41, 5.74) is 0. The minimum absolute atomic E-state index is 0. The van der Waals surface area contributed by atoms with E-state index in [0.29, 0.717) is 6.42 Å². The fourth-order valence-electron chi connectivity index (χ4n) is 2.81. The number of rotatable bonds is 3. The van der Waals surface area contributed by atoms with Crippen LogP contribution < -0.4 is 5.32 Å². The van der Waals surface area contributed by atoms with Crippen molar-refractivity contribution in [1.29, 1.82) is 0 Å². The molecule has 0 aromatic carbocycles. The van der Waals surface area contributed by atoms with Crippen molar-refractivity contribution in [3.8, 4) is 0 Å². The lowest BCUT2D eigenvalue weighted by atomic mass is 9.82. The molecule has 108 valence electrons. The first-order chi connectivity index (χ1) is 9.29. The van der Waals surface area contributed by atoms with E-state index in [1.165, 1.54) is 0 Å². The van der Waals surface area contributed by atoms with Gasteiger partial charge in [0.15, 0.2) is 0 Å². The third-order valence-electron chi connectivity index (χ3n) is 3.78. The van der Waals surface area contributed by atoms with Gasteiger partial charge in [0, 0.05) is 12.3 Å². The van der Waals surface area contributed by atoms with Gasteiger partial charge in [-0.05, 0) is 30.7 Å². The molecule has 3 atom stereocenters. The van der Waals surface area contributed by atoms with Crippen LogP contribution in [0, 0.1) is 5.92 Å². The van der Waals surface area contributed by atoms with Crippen LogP contribution in [0.25, 0.3) is 0 Å². The molecule has 3 rings (SSSR count). The van der Waals surface area contributed by atoms with E-state index >= 15 is 0 Å². The molecule has 0 saturated carbocycles. The van der Waals surface area contributed by atoms with Gasteiger partial charge in [0.25, 0.3) is 0 Å². The average Bonchev–Trinajstić information content (AvgIpc) is 3.11. The van der Waals surface area contributed by atoms with E-state index in [1.54, 1.807) is 12.5 Å². The van der Waals surface area contributed by atoms with Crippen LogP contribution >= 0.6 is 12.4 Å². The van der Waals surface area contributed by atoms with Crippen LogP contribution in [0.3, 0.4) is 0 Å². The molecule has 20 heavy (non-hydrogen) atoms. The van der Waals surface area contributed by atoms with Crippen LogP contribution in [0.15, 0.2) is 45.6 Å². The number of furan rings is 2. The van der Waals surface area contributed by atoms with Crippen molar-refractivity contribution >= 4 is 18.2 Å². The second-order valence-electron chi connectivity index (χ2n) is 4.91. The summed E-state index contributed by atoms with van der Waals surface area (Å²) >= 11 is 0. The fraction of sp³-hybridized carbons (Fsp3) is 0.400. The minimum Gasteiger partial charge on any atom is -0.468 e. The van der Waals surface area contributed by atoms with Crippen LogP contribution in [0.4, 0.5) is 0 Å². The summed E-state index contributed by atoms with van der Waals surface area (Å²) in [7, 11) is 0. The highest BCUT2D eigenvalue weighted by Crippen LogP contribution is 2.36. The summed E-state index contributed by atoms with van der Waals surface area (Å²) in [6, 6.07) is 7.37. The summed E-state index contributed by atoms with van der Waals surface area (Å²) in [6.07, 6.45) is 4.56. The van der Waals surface area contributed by atoms with E-state index in [2.05, 4.69) is 5.32 Å². The van der Waals surface area contributed by atoms with Crippen molar-refractivity contribution in [2.45, 2.75) is 31.8 Å². The first-order valence-corrected chi connectivity index (χ1v) is 6.65. The molecule has 1 aliphatic rings. The summed E-state index contributed by atoms with van der Waals surface area (Å²) < 4.78 is 10.9. The largest absolute Gasteiger partial charge is 0.468 e. The maximum absolute atomic E-state index is 12.3. The van der Waals surface area contributed by atoms with Crippen LogP contribution in [0.1, 0.15) is 43.4 Å². The minimum atomic E-state index is -0.0728. The molecule has 0 aliphatic carbocycles. The highest BCUT2D eigenvalue weighted by Gasteiger charge is 2.38. The molecule has 2 aromatic heterocycles. The standard InChI is InChI=1S/C15H17NO3.ClH/c1-2-10-12(17)9-11(13-5-3-7-18-13)16-15(10)14-6-4-8-19-14;/h3-8,10-11,15-16H,2,9H2,1H3;1H. The van der Waals surface area contributed by atoms with Gasteiger partial charge >= 0.3 is 0 Å². The second-order valence-corrected chi connectivity index (χ2v) is 4.91. The lowest BCUT2D eigenvalue weighted by molar-refractivity contribution is -0.127. The number of hydrogen-bond donors (Lipinski definition) is 1. The predicted molar refractivity (Wildman–Crippen MR) is 76.7 cm³/mol. The topological polar surface area (TPSA) is 55.4 Å². The molecular formula is C15H18ClNO3. The number of Topliss-reactive ketones (excluding diaryl/α,β-unsaturated/α-hetero) is 1. The Kier molecular flexibility index (Phi) is 4.68. The van der Waals surface area contributed by atoms with Gasteiger partial charge in [-0.1, -0.05) is 6.92 Å². The molecule has 0 amide bonds. The Morgan fingerprint density at radius 2 is 1.85 bits per heavy atom. The first-order valence-electron chi connectivity index (χ1n) is 6.65. The number of nitrogens with one attached hydrogen (secondary N) is 1. The Morgan fingerprint density at radius 1 is 1.20 bits per heavy atom. The van der Waals surface area contributed by atoms with Gasteiger partial charge in [0.05, 0.1) is 24.6 Å². The molecule has 1 N–H and O–H groups in total. The van der Waals surface area contributed by atoms with Gasteiger partial charge in [0.1, 0.15) is 17.3 Å². The number of halogens is 1. The van der Waals surface area contributed by atoms with Crippen LogP contribution in [0.2, 0.25) is 0 Å². The van der Waals surface area contributed by atoms with E-state index in [0.717, 1.165) is 17.9 Å². The number of carbonyl (C=O) groups excluding carboxylic acids is 1. The van der Waals surface area contributed by atoms with E-state index in [1.807, 2.05) is 31.2 Å². The maximum atomic E-state index is 12.3. The number of ketones is 1. The van der Waals surface area contributed by atoms with Crippen LogP contribution in [-0.2, 0) is 4.79 Å². The molecule has 3 unspecified atom stereocenters. The van der Waals surface area contributed by atoms with Gasteiger partial charge in [-0.15, -0.1) is 12.4 Å². The Bertz CT molecular complexity index is 535. The van der Waals surface area contributed by atoms with Gasteiger partial charge < -0.3 is 8.83 Å². The Labute approximate surface area is 123 Å². The number of carbonyl (C=O) groups is 1. The van der Waals surface area contributed by atoms with Crippen molar-refractivity contribution in [2.24, 2.45) is 5.92 Å². The Morgan fingerprint density at radius 3 is 2.40 bits per heavy atom. The molecule has 1 aliphatic heterocycles. The first kappa shape index (κ1) is 14.9. The Balaban J connectivity index is 0.00000147. The van der Waals surface area contributed by atoms with Crippen molar-refractivity contribution < 1.29 is 13.6 Å². The second kappa shape index (κ2) is 6.29. The smallest absolute Gasteiger partial charge is 0.140 e. The van der Waals surface area contributed by atoms with E-state index in [4.69, 9.17) is 8.83 Å². The fourth-order valence-corrected chi connectivity index (χ4v) is 2.81. The summed E-state index contributed by atoms with van der Waals surface area (Å²) in [6.45, 7) is 2.04. The van der Waals surface area contributed by atoms with Gasteiger partial charge in [0.2, 0.25) is 0 Å². The molecular weight excluding hydrogens is 278 g/mol. The third-order valence-corrected chi connectivity index (χ3v) is 3.78. The quantitative estimate of drug-likeness (QED) is 0.939. The predicted octanol–water partition coefficient (Wildman–Crippen LogP) is 3.67. The molecule has 0 bridgehead atoms. The monoisotopic (exact) mass is 295 g/mol. The van der Waals surface area contributed by atoms with Crippen LogP contribution in [-0.4, -0.2) is 5.78 Å². The van der Waals surface area contributed by atoms with Gasteiger partial charge in [-0.3, -0.25) is 10.1 Å². The summed E-state index contributed by atoms with van der Waals surface area (Å²) in [5.74, 6) is 1.86. The number of hydrogen-bond acceptors (Lipinski definition) is 4. The summed E-state index contributed by atoms with van der Waals surface area (Å²) in [4.78, 5) is 12.3. The SMILES string of the molecule is CCC1C(=O)CC(c2ccco2)NC1c1ccco1.Cl. The molecule has 5 heteroatoms. The van der Waals surface area contributed by atoms with Crippen molar-refractivity contribution in [1.82, 2.24) is 5.32 Å². The van der Waals surface area contributed by atoms with Gasteiger partial charge in [-0.25, -0.2) is 0 Å². The third kappa shape index (κ3) is 2.67. The zero-order chi connectivity index (χ0) is 13.2. The number of piperidine rings is 1. The molecule has 4 nitrogen and oxygen atoms in total. The maximum Gasteiger partial charge on any atom is 0.140 e. The molecule has 1 fully saturated rings. The zero-order valence-electron chi connectivity index (χ0n) is 11.2. The van der Waals surface area contributed by atoms with Crippen molar-refractivity contribution in [3.63, 3.8) is 0 Å². The average molecular weight is 296 g/mol. The van der Waals surface area contributed by atoms with Crippen molar-refractivity contribution in [3.05, 3.63) is 48.3 Å². The molecule has 0 radical (unpaired) electrons. The molecule has 2 aromatic rings. The van der Waals surface area contributed by atoms with Gasteiger partial charge in [-0.2, -0.15) is 0 Å². The van der Waals surface area contributed by atoms with Crippen molar-refractivity contribution in [2.75, 3.05) is 0 Å².